The fraction of sp³-hybridized carbons (Fsp3) is 0.441. The first-order chi connectivity index (χ1) is 21.2. The van der Waals surface area contributed by atoms with Gasteiger partial charge >= 0.3 is 0 Å². The summed E-state index contributed by atoms with van der Waals surface area (Å²) >= 11 is 0. The van der Waals surface area contributed by atoms with Gasteiger partial charge in [0.2, 0.25) is 0 Å². The molecule has 0 atom stereocenters. The lowest BCUT2D eigenvalue weighted by atomic mass is 9.85. The molecule has 0 spiro atoms. The number of Topliss-reactive ketones (excluding diaryl/α,β-unsaturated/α-hetero) is 1. The standard InChI is InChI=1S/C34H41N3O7/c1-34(2,3)23-21-27(33(40)37-14-18-43-19-15-37)31(41-4)28(22-23)35-32(39)30(38)26-9-10-29(25-8-6-5-7-24(25)26)44-20-13-36-11-16-42-17-12-36/h5-10,21-22H,11-20H2,1-4H3,(H,35,39). The highest BCUT2D eigenvalue weighted by Gasteiger charge is 2.29. The van der Waals surface area contributed by atoms with Crippen LogP contribution in [0.25, 0.3) is 10.8 Å². The monoisotopic (exact) mass is 603 g/mol. The van der Waals surface area contributed by atoms with E-state index in [1.54, 1.807) is 29.2 Å². The molecular weight excluding hydrogens is 562 g/mol. The molecule has 10 nitrogen and oxygen atoms in total. The largest absolute Gasteiger partial charge is 0.494 e. The Hall–Kier alpha value is -3.99. The van der Waals surface area contributed by atoms with Crippen LogP contribution < -0.4 is 14.8 Å². The number of hydrogen-bond acceptors (Lipinski definition) is 8. The van der Waals surface area contributed by atoms with Crippen LogP contribution in [0, 0.1) is 0 Å². The van der Waals surface area contributed by atoms with Gasteiger partial charge in [0.1, 0.15) is 12.4 Å². The van der Waals surface area contributed by atoms with Crippen LogP contribution in [-0.4, -0.2) is 100 Å². The molecule has 234 valence electrons. The molecule has 1 N–H and O–H groups in total. The van der Waals surface area contributed by atoms with Crippen LogP contribution in [0.15, 0.2) is 48.5 Å². The summed E-state index contributed by atoms with van der Waals surface area (Å²) in [5.74, 6) is -0.884. The van der Waals surface area contributed by atoms with Crippen molar-refractivity contribution in [2.24, 2.45) is 0 Å². The molecule has 10 heteroatoms. The first-order valence-corrected chi connectivity index (χ1v) is 15.1. The predicted molar refractivity (Wildman–Crippen MR) is 168 cm³/mol. The Labute approximate surface area is 258 Å². The summed E-state index contributed by atoms with van der Waals surface area (Å²) in [6.45, 7) is 12.3. The van der Waals surface area contributed by atoms with Gasteiger partial charge in [0.25, 0.3) is 17.6 Å². The smallest absolute Gasteiger partial charge is 0.296 e. The summed E-state index contributed by atoms with van der Waals surface area (Å²) in [5, 5.41) is 4.13. The second-order valence-electron chi connectivity index (χ2n) is 12.0. The number of carbonyl (C=O) groups is 3. The number of methoxy groups -OCH3 is 1. The minimum absolute atomic E-state index is 0.213. The number of rotatable bonds is 9. The summed E-state index contributed by atoms with van der Waals surface area (Å²) in [6.07, 6.45) is 0. The van der Waals surface area contributed by atoms with Crippen molar-refractivity contribution < 1.29 is 33.3 Å². The maximum atomic E-state index is 13.6. The van der Waals surface area contributed by atoms with Crippen molar-refractivity contribution in [1.29, 1.82) is 0 Å². The zero-order valence-electron chi connectivity index (χ0n) is 25.9. The number of hydrogen-bond donors (Lipinski definition) is 1. The number of morpholine rings is 2. The summed E-state index contributed by atoms with van der Waals surface area (Å²) < 4.78 is 22.6. The van der Waals surface area contributed by atoms with Gasteiger partial charge in [0, 0.05) is 43.7 Å². The summed E-state index contributed by atoms with van der Waals surface area (Å²) in [6, 6.07) is 14.3. The van der Waals surface area contributed by atoms with Crippen molar-refractivity contribution in [1.82, 2.24) is 9.80 Å². The Kier molecular flexibility index (Phi) is 9.83. The molecule has 0 saturated carbocycles. The molecule has 5 rings (SSSR count). The van der Waals surface area contributed by atoms with E-state index in [0.717, 1.165) is 43.8 Å². The van der Waals surface area contributed by atoms with Crippen LogP contribution in [0.4, 0.5) is 5.69 Å². The lowest BCUT2D eigenvalue weighted by Crippen LogP contribution is -2.41. The summed E-state index contributed by atoms with van der Waals surface area (Å²) in [7, 11) is 1.45. The lowest BCUT2D eigenvalue weighted by Gasteiger charge is -2.29. The topological polar surface area (TPSA) is 107 Å². The van der Waals surface area contributed by atoms with Gasteiger partial charge in [-0.3, -0.25) is 19.3 Å². The van der Waals surface area contributed by atoms with Crippen molar-refractivity contribution in [2.75, 3.05) is 78.2 Å². The van der Waals surface area contributed by atoms with Gasteiger partial charge in [0.05, 0.1) is 44.8 Å². The van der Waals surface area contributed by atoms with Gasteiger partial charge in [-0.15, -0.1) is 0 Å². The van der Waals surface area contributed by atoms with Crippen LogP contribution >= 0.6 is 0 Å². The Morgan fingerprint density at radius 2 is 1.52 bits per heavy atom. The van der Waals surface area contributed by atoms with Crippen molar-refractivity contribution in [3.63, 3.8) is 0 Å². The fourth-order valence-electron chi connectivity index (χ4n) is 5.48. The number of ketones is 1. The number of carbonyl (C=O) groups excluding carboxylic acids is 3. The third kappa shape index (κ3) is 7.04. The number of ether oxygens (including phenoxy) is 4. The third-order valence-electron chi connectivity index (χ3n) is 8.04. The molecular formula is C34H41N3O7. The van der Waals surface area contributed by atoms with Crippen LogP contribution in [0.2, 0.25) is 0 Å². The molecule has 0 aromatic heterocycles. The molecule has 0 radical (unpaired) electrons. The molecule has 0 aliphatic carbocycles. The number of amides is 2. The van der Waals surface area contributed by atoms with Gasteiger partial charge in [-0.25, -0.2) is 0 Å². The van der Waals surface area contributed by atoms with Crippen LogP contribution in [0.3, 0.4) is 0 Å². The van der Waals surface area contributed by atoms with E-state index in [-0.39, 0.29) is 28.3 Å². The van der Waals surface area contributed by atoms with Crippen LogP contribution in [0.1, 0.15) is 47.1 Å². The Bertz CT molecular complexity index is 1520. The average Bonchev–Trinajstić information content (AvgIpc) is 3.04. The van der Waals surface area contributed by atoms with E-state index in [0.29, 0.717) is 49.6 Å². The zero-order chi connectivity index (χ0) is 31.3. The van der Waals surface area contributed by atoms with Crippen molar-refractivity contribution in [2.45, 2.75) is 26.2 Å². The highest BCUT2D eigenvalue weighted by molar-refractivity contribution is 6.48. The molecule has 2 fully saturated rings. The quantitative estimate of drug-likeness (QED) is 0.287. The van der Waals surface area contributed by atoms with E-state index < -0.39 is 11.7 Å². The number of fused-ring (bicyclic) bond motifs is 1. The highest BCUT2D eigenvalue weighted by atomic mass is 16.5. The van der Waals surface area contributed by atoms with E-state index in [1.165, 1.54) is 7.11 Å². The van der Waals surface area contributed by atoms with E-state index in [1.807, 2.05) is 45.0 Å². The number of anilines is 1. The Morgan fingerprint density at radius 1 is 0.864 bits per heavy atom. The van der Waals surface area contributed by atoms with E-state index >= 15 is 0 Å². The summed E-state index contributed by atoms with van der Waals surface area (Å²) in [5.41, 5.74) is 1.33. The third-order valence-corrected chi connectivity index (χ3v) is 8.04. The second kappa shape index (κ2) is 13.8. The molecule has 2 amide bonds. The van der Waals surface area contributed by atoms with Crippen LogP contribution in [0.5, 0.6) is 11.5 Å². The normalized spacial score (nSPS) is 16.0. The Morgan fingerprint density at radius 3 is 2.18 bits per heavy atom. The van der Waals surface area contributed by atoms with E-state index in [2.05, 4.69) is 10.2 Å². The molecule has 3 aromatic rings. The van der Waals surface area contributed by atoms with Gasteiger partial charge in [0.15, 0.2) is 5.75 Å². The first kappa shape index (κ1) is 31.4. The average molecular weight is 604 g/mol. The second-order valence-corrected chi connectivity index (χ2v) is 12.0. The molecule has 0 bridgehead atoms. The molecule has 2 saturated heterocycles. The van der Waals surface area contributed by atoms with Gasteiger partial charge in [-0.2, -0.15) is 0 Å². The summed E-state index contributed by atoms with van der Waals surface area (Å²) in [4.78, 5) is 44.8. The van der Waals surface area contributed by atoms with E-state index in [4.69, 9.17) is 18.9 Å². The maximum absolute atomic E-state index is 13.6. The van der Waals surface area contributed by atoms with Crippen molar-refractivity contribution in [3.8, 4) is 11.5 Å². The van der Waals surface area contributed by atoms with Gasteiger partial charge in [-0.05, 0) is 40.6 Å². The number of benzene rings is 3. The van der Waals surface area contributed by atoms with E-state index in [9.17, 15) is 14.4 Å². The van der Waals surface area contributed by atoms with Gasteiger partial charge < -0.3 is 29.2 Å². The highest BCUT2D eigenvalue weighted by Crippen LogP contribution is 2.37. The fourth-order valence-corrected chi connectivity index (χ4v) is 5.48. The molecule has 2 heterocycles. The zero-order valence-corrected chi connectivity index (χ0v) is 25.9. The molecule has 2 aliphatic rings. The van der Waals surface area contributed by atoms with Gasteiger partial charge in [-0.1, -0.05) is 45.0 Å². The maximum Gasteiger partial charge on any atom is 0.296 e. The van der Waals surface area contributed by atoms with Crippen molar-refractivity contribution in [3.05, 3.63) is 65.2 Å². The molecule has 0 unspecified atom stereocenters. The molecule has 2 aliphatic heterocycles. The molecule has 3 aromatic carbocycles. The number of nitrogens with zero attached hydrogens (tertiary/aromatic N) is 2. The molecule has 44 heavy (non-hydrogen) atoms. The minimum atomic E-state index is -0.828. The predicted octanol–water partition coefficient (Wildman–Crippen LogP) is 4.15. The first-order valence-electron chi connectivity index (χ1n) is 15.1. The minimum Gasteiger partial charge on any atom is -0.494 e. The SMILES string of the molecule is COc1c(NC(=O)C(=O)c2ccc(OCCN3CCOCC3)c3ccccc23)cc(C(C)(C)C)cc1C(=O)N1CCOCC1. The number of nitrogens with one attached hydrogen (secondary N) is 1. The Balaban J connectivity index is 1.40. The van der Waals surface area contributed by atoms with Crippen molar-refractivity contribution >= 4 is 34.1 Å². The lowest BCUT2D eigenvalue weighted by molar-refractivity contribution is -0.112. The van der Waals surface area contributed by atoms with Crippen LogP contribution in [-0.2, 0) is 19.7 Å².